The zero-order chi connectivity index (χ0) is 18.8. The van der Waals surface area contributed by atoms with Gasteiger partial charge in [0.2, 0.25) is 5.91 Å². The molecule has 0 saturated carbocycles. The largest absolute Gasteiger partial charge is 0.508 e. The van der Waals surface area contributed by atoms with Crippen molar-refractivity contribution < 1.29 is 14.7 Å². The highest BCUT2D eigenvalue weighted by molar-refractivity contribution is 6.00. The summed E-state index contributed by atoms with van der Waals surface area (Å²) in [5.74, 6) is 0.459. The number of fused-ring (bicyclic) bond motifs is 1. The third-order valence-corrected chi connectivity index (χ3v) is 6.05. The van der Waals surface area contributed by atoms with Crippen LogP contribution >= 0.6 is 0 Å². The fourth-order valence-corrected chi connectivity index (χ4v) is 4.48. The van der Waals surface area contributed by atoms with Crippen LogP contribution in [0, 0.1) is 5.92 Å². The molecule has 4 nitrogen and oxygen atoms in total. The summed E-state index contributed by atoms with van der Waals surface area (Å²) < 4.78 is 0. The number of rotatable bonds is 2. The van der Waals surface area contributed by atoms with Crippen LogP contribution in [-0.2, 0) is 11.2 Å². The highest BCUT2D eigenvalue weighted by atomic mass is 16.3. The molecule has 1 unspecified atom stereocenters. The zero-order valence-corrected chi connectivity index (χ0v) is 15.4. The number of phenolic OH excluding ortho intramolecular Hbond substituents is 1. The van der Waals surface area contributed by atoms with E-state index in [0.717, 1.165) is 25.9 Å². The fraction of sp³-hybridized carbons (Fsp3) is 0.391. The van der Waals surface area contributed by atoms with E-state index in [4.69, 9.17) is 0 Å². The first-order valence-electron chi connectivity index (χ1n) is 9.81. The number of benzene rings is 2. The van der Waals surface area contributed by atoms with Gasteiger partial charge in [-0.3, -0.25) is 9.59 Å². The molecule has 2 aromatic rings. The Hall–Kier alpha value is -2.62. The van der Waals surface area contributed by atoms with Crippen molar-refractivity contribution in [3.63, 3.8) is 0 Å². The van der Waals surface area contributed by atoms with Crippen LogP contribution in [0.3, 0.4) is 0 Å². The van der Waals surface area contributed by atoms with E-state index in [1.807, 2.05) is 11.0 Å². The van der Waals surface area contributed by atoms with Gasteiger partial charge in [-0.25, -0.2) is 0 Å². The van der Waals surface area contributed by atoms with E-state index in [1.54, 1.807) is 18.2 Å². The van der Waals surface area contributed by atoms with Gasteiger partial charge in [0, 0.05) is 36.6 Å². The lowest BCUT2D eigenvalue weighted by molar-refractivity contribution is -0.136. The molecule has 1 saturated heterocycles. The average molecular weight is 363 g/mol. The van der Waals surface area contributed by atoms with Crippen molar-refractivity contribution in [3.05, 3.63) is 65.2 Å². The summed E-state index contributed by atoms with van der Waals surface area (Å²) in [6.07, 6.45) is 3.38. The first-order chi connectivity index (χ1) is 13.1. The summed E-state index contributed by atoms with van der Waals surface area (Å²) in [4.78, 5) is 27.6. The highest BCUT2D eigenvalue weighted by Crippen LogP contribution is 2.33. The van der Waals surface area contributed by atoms with Crippen LogP contribution in [0.15, 0.2) is 48.5 Å². The van der Waals surface area contributed by atoms with Crippen molar-refractivity contribution in [1.82, 2.24) is 4.90 Å². The summed E-state index contributed by atoms with van der Waals surface area (Å²) in [6.45, 7) is 1.50. The molecule has 0 aromatic heterocycles. The van der Waals surface area contributed by atoms with Crippen molar-refractivity contribution in [3.8, 4) is 5.75 Å². The number of piperidine rings is 1. The molecule has 1 amide bonds. The molecule has 1 aliphatic carbocycles. The molecule has 0 spiro atoms. The van der Waals surface area contributed by atoms with Gasteiger partial charge in [-0.05, 0) is 43.2 Å². The first kappa shape index (κ1) is 17.8. The zero-order valence-electron chi connectivity index (χ0n) is 15.4. The maximum Gasteiger partial charge on any atom is 0.226 e. The molecule has 1 fully saturated rings. The van der Waals surface area contributed by atoms with Gasteiger partial charge in [-0.1, -0.05) is 42.5 Å². The second kappa shape index (κ2) is 7.55. The van der Waals surface area contributed by atoms with Gasteiger partial charge in [0.15, 0.2) is 5.78 Å². The maximum atomic E-state index is 13.0. The molecule has 2 aliphatic rings. The van der Waals surface area contributed by atoms with Crippen LogP contribution in [-0.4, -0.2) is 34.8 Å². The quantitative estimate of drug-likeness (QED) is 0.823. The van der Waals surface area contributed by atoms with Gasteiger partial charge in [0.05, 0.1) is 0 Å². The number of phenols is 1. The van der Waals surface area contributed by atoms with Crippen LogP contribution in [0.5, 0.6) is 5.75 Å². The van der Waals surface area contributed by atoms with E-state index >= 15 is 0 Å². The molecule has 1 heterocycles. The number of carbonyl (C=O) groups is 2. The molecule has 1 aliphatic heterocycles. The number of hydrogen-bond donors (Lipinski definition) is 1. The Kier molecular flexibility index (Phi) is 4.97. The van der Waals surface area contributed by atoms with E-state index in [2.05, 4.69) is 24.3 Å². The second-order valence-corrected chi connectivity index (χ2v) is 7.68. The van der Waals surface area contributed by atoms with Crippen molar-refractivity contribution in [2.45, 2.75) is 38.0 Å². The highest BCUT2D eigenvalue weighted by Gasteiger charge is 2.33. The SMILES string of the molecule is O=C1CC(C(=O)N2CCC(c3ccccc3)CC2)CCc2c(O)cccc21. The molecular weight excluding hydrogens is 338 g/mol. The smallest absolute Gasteiger partial charge is 0.226 e. The molecule has 1 atom stereocenters. The lowest BCUT2D eigenvalue weighted by atomic mass is 9.88. The Balaban J connectivity index is 1.41. The first-order valence-corrected chi connectivity index (χ1v) is 9.81. The Bertz CT molecular complexity index is 838. The number of Topliss-reactive ketones (excluding diaryl/α,β-unsaturated/α-hetero) is 1. The number of carbonyl (C=O) groups excluding carboxylic acids is 2. The van der Waals surface area contributed by atoms with Crippen LogP contribution < -0.4 is 0 Å². The molecule has 4 heteroatoms. The molecule has 2 aromatic carbocycles. The van der Waals surface area contributed by atoms with E-state index < -0.39 is 0 Å². The van der Waals surface area contributed by atoms with Crippen LogP contribution in [0.2, 0.25) is 0 Å². The third-order valence-electron chi connectivity index (χ3n) is 6.05. The maximum absolute atomic E-state index is 13.0. The molecular formula is C23H25NO3. The van der Waals surface area contributed by atoms with E-state index in [9.17, 15) is 14.7 Å². The third kappa shape index (κ3) is 3.61. The number of ketones is 1. The molecule has 0 radical (unpaired) electrons. The van der Waals surface area contributed by atoms with Crippen LogP contribution in [0.1, 0.15) is 53.1 Å². The van der Waals surface area contributed by atoms with Gasteiger partial charge in [0.25, 0.3) is 0 Å². The summed E-state index contributed by atoms with van der Waals surface area (Å²) in [7, 11) is 0. The molecule has 0 bridgehead atoms. The topological polar surface area (TPSA) is 57.6 Å². The molecule has 1 N–H and O–H groups in total. The van der Waals surface area contributed by atoms with Gasteiger partial charge in [-0.2, -0.15) is 0 Å². The minimum Gasteiger partial charge on any atom is -0.508 e. The molecule has 27 heavy (non-hydrogen) atoms. The Morgan fingerprint density at radius 2 is 1.70 bits per heavy atom. The van der Waals surface area contributed by atoms with Gasteiger partial charge >= 0.3 is 0 Å². The van der Waals surface area contributed by atoms with Crippen molar-refractivity contribution >= 4 is 11.7 Å². The van der Waals surface area contributed by atoms with Crippen LogP contribution in [0.25, 0.3) is 0 Å². The Labute approximate surface area is 159 Å². The number of likely N-dealkylation sites (tertiary alicyclic amines) is 1. The van der Waals surface area contributed by atoms with Crippen molar-refractivity contribution in [2.75, 3.05) is 13.1 Å². The minimum absolute atomic E-state index is 0.0316. The van der Waals surface area contributed by atoms with Gasteiger partial charge < -0.3 is 10.0 Å². The monoisotopic (exact) mass is 363 g/mol. The summed E-state index contributed by atoms with van der Waals surface area (Å²) in [5.41, 5.74) is 2.62. The summed E-state index contributed by atoms with van der Waals surface area (Å²) >= 11 is 0. The predicted octanol–water partition coefficient (Wildman–Crippen LogP) is 3.93. The summed E-state index contributed by atoms with van der Waals surface area (Å²) in [5, 5.41) is 10.1. The van der Waals surface area contributed by atoms with Crippen LogP contribution in [0.4, 0.5) is 0 Å². The lowest BCUT2D eigenvalue weighted by Crippen LogP contribution is -2.41. The Morgan fingerprint density at radius 1 is 0.963 bits per heavy atom. The number of nitrogens with zero attached hydrogens (tertiary/aromatic N) is 1. The van der Waals surface area contributed by atoms with Crippen molar-refractivity contribution in [1.29, 1.82) is 0 Å². The predicted molar refractivity (Wildman–Crippen MR) is 104 cm³/mol. The Morgan fingerprint density at radius 3 is 2.44 bits per heavy atom. The standard InChI is InChI=1S/C23H25NO3/c25-21-8-4-7-19-20(21)10-9-18(15-22(19)26)23(27)24-13-11-17(12-14-24)16-5-2-1-3-6-16/h1-8,17-18,25H,9-15H2. The average Bonchev–Trinajstić information content (AvgIpc) is 2.88. The second-order valence-electron chi connectivity index (χ2n) is 7.68. The normalized spacial score (nSPS) is 20.8. The number of hydrogen-bond acceptors (Lipinski definition) is 3. The van der Waals surface area contributed by atoms with Gasteiger partial charge in [-0.15, -0.1) is 0 Å². The summed E-state index contributed by atoms with van der Waals surface area (Å²) in [6, 6.07) is 15.6. The number of aromatic hydroxyl groups is 1. The van der Waals surface area contributed by atoms with E-state index in [1.165, 1.54) is 5.56 Å². The molecule has 140 valence electrons. The molecule has 4 rings (SSSR count). The van der Waals surface area contributed by atoms with E-state index in [-0.39, 0.29) is 29.8 Å². The van der Waals surface area contributed by atoms with Crippen molar-refractivity contribution in [2.24, 2.45) is 5.92 Å². The lowest BCUT2D eigenvalue weighted by Gasteiger charge is -2.34. The fourth-order valence-electron chi connectivity index (χ4n) is 4.48. The number of amides is 1. The van der Waals surface area contributed by atoms with Gasteiger partial charge in [0.1, 0.15) is 5.75 Å². The minimum atomic E-state index is -0.280. The van der Waals surface area contributed by atoms with E-state index in [0.29, 0.717) is 29.9 Å².